The maximum Gasteiger partial charge on any atom is 0.343 e. The Morgan fingerprint density at radius 3 is 1.92 bits per heavy atom. The molecule has 48 heavy (non-hydrogen) atoms. The molecule has 0 fully saturated rings. The Balaban J connectivity index is 1.16. The zero-order valence-corrected chi connectivity index (χ0v) is 26.4. The van der Waals surface area contributed by atoms with Crippen LogP contribution in [0.2, 0.25) is 0 Å². The Morgan fingerprint density at radius 1 is 0.708 bits per heavy atom. The van der Waals surface area contributed by atoms with E-state index in [9.17, 15) is 24.6 Å². The maximum atomic E-state index is 12.7. The normalized spacial score (nSPS) is 11.5. The molecular formula is C39H36N2O7. The van der Waals surface area contributed by atoms with Crippen molar-refractivity contribution in [3.8, 4) is 11.5 Å². The van der Waals surface area contributed by atoms with Crippen molar-refractivity contribution in [1.82, 2.24) is 4.90 Å². The number of carbonyl (C=O) groups excluding carboxylic acids is 2. The van der Waals surface area contributed by atoms with Gasteiger partial charge in [-0.25, -0.2) is 4.79 Å². The quantitative estimate of drug-likeness (QED) is 0.0735. The zero-order chi connectivity index (χ0) is 33.9. The maximum absolute atomic E-state index is 12.7. The minimum atomic E-state index is -1.23. The summed E-state index contributed by atoms with van der Waals surface area (Å²) in [5, 5.41) is 23.5. The molecule has 0 aliphatic rings. The molecule has 1 atom stereocenters. The molecule has 9 nitrogen and oxygen atoms in total. The van der Waals surface area contributed by atoms with Crippen molar-refractivity contribution in [3.63, 3.8) is 0 Å². The van der Waals surface area contributed by atoms with E-state index in [1.54, 1.807) is 79.9 Å². The summed E-state index contributed by atoms with van der Waals surface area (Å²) in [4.78, 5) is 38.3. The molecule has 3 N–H and O–H groups in total. The van der Waals surface area contributed by atoms with Crippen molar-refractivity contribution in [2.45, 2.75) is 25.6 Å². The largest absolute Gasteiger partial charge is 0.497 e. The highest BCUT2D eigenvalue weighted by Gasteiger charge is 2.21. The average Bonchev–Trinajstić information content (AvgIpc) is 3.09. The second kappa shape index (κ2) is 16.2. The van der Waals surface area contributed by atoms with Gasteiger partial charge in [0.1, 0.15) is 17.7 Å². The molecule has 0 bridgehead atoms. The van der Waals surface area contributed by atoms with E-state index >= 15 is 0 Å². The van der Waals surface area contributed by atoms with Gasteiger partial charge in [-0.05, 0) is 82.8 Å². The summed E-state index contributed by atoms with van der Waals surface area (Å²) in [6.07, 6.45) is -0.283. The monoisotopic (exact) mass is 644 g/mol. The number of rotatable bonds is 14. The first-order chi connectivity index (χ1) is 23.2. The molecule has 0 spiro atoms. The molecule has 0 heterocycles. The predicted molar refractivity (Wildman–Crippen MR) is 182 cm³/mol. The number of carbonyl (C=O) groups is 3. The van der Waals surface area contributed by atoms with Crippen molar-refractivity contribution in [3.05, 3.63) is 161 Å². The summed E-state index contributed by atoms with van der Waals surface area (Å²) >= 11 is 0. The minimum Gasteiger partial charge on any atom is -0.497 e. The molecule has 0 radical (unpaired) electrons. The number of hydrogen-bond donors (Lipinski definition) is 3. The summed E-state index contributed by atoms with van der Waals surface area (Å²) in [6, 6.07) is 37.9. The van der Waals surface area contributed by atoms with Gasteiger partial charge in [-0.1, -0.05) is 78.9 Å². The number of methoxy groups -OCH3 is 1. The van der Waals surface area contributed by atoms with Crippen LogP contribution in [0.15, 0.2) is 127 Å². The number of carboxylic acids is 1. The van der Waals surface area contributed by atoms with Gasteiger partial charge >= 0.3 is 11.9 Å². The molecular weight excluding hydrogens is 608 g/mol. The van der Waals surface area contributed by atoms with E-state index in [-0.39, 0.29) is 18.9 Å². The minimum absolute atomic E-state index is 0.116. The van der Waals surface area contributed by atoms with Crippen molar-refractivity contribution < 1.29 is 34.1 Å². The first kappa shape index (κ1) is 33.6. The van der Waals surface area contributed by atoms with Gasteiger partial charge in [0.05, 0.1) is 25.6 Å². The smallest absolute Gasteiger partial charge is 0.343 e. The van der Waals surface area contributed by atoms with Crippen molar-refractivity contribution in [2.24, 2.45) is 0 Å². The number of amides is 1. The highest BCUT2D eigenvalue weighted by Crippen LogP contribution is 2.24. The average molecular weight is 645 g/mol. The molecule has 9 heteroatoms. The molecule has 0 aliphatic heterocycles. The summed E-state index contributed by atoms with van der Waals surface area (Å²) in [7, 11) is 1.58. The summed E-state index contributed by atoms with van der Waals surface area (Å²) < 4.78 is 10.7. The van der Waals surface area contributed by atoms with Gasteiger partial charge in [0.25, 0.3) is 0 Å². The lowest BCUT2D eigenvalue weighted by molar-refractivity contribution is -0.142. The highest BCUT2D eigenvalue weighted by molar-refractivity contribution is 5.92. The lowest BCUT2D eigenvalue weighted by Crippen LogP contribution is -2.33. The second-order valence-electron chi connectivity index (χ2n) is 11.3. The van der Waals surface area contributed by atoms with Crippen LogP contribution in [0, 0.1) is 0 Å². The highest BCUT2D eigenvalue weighted by atomic mass is 16.5. The van der Waals surface area contributed by atoms with E-state index in [4.69, 9.17) is 9.47 Å². The predicted octanol–water partition coefficient (Wildman–Crippen LogP) is 6.26. The van der Waals surface area contributed by atoms with Crippen LogP contribution in [-0.4, -0.2) is 46.6 Å². The standard InChI is InChI=1S/C39H36N2O7/c1-47-34-19-9-29(10-20-34)24-36(42)40-33-17-15-31(16-18-33)38(45)41(26-37(43)44)25-30-11-21-35(22-12-30)48-39(46)32-13-7-28(8-14-32)23-27-5-3-2-4-6-27/h2-22,38,45H,23-26H2,1H3,(H,40,42)(H,43,44). The molecule has 5 aromatic carbocycles. The number of ether oxygens (including phenoxy) is 2. The number of aliphatic hydroxyl groups is 1. The number of carboxylic acid groups (broad SMARTS) is 1. The lowest BCUT2D eigenvalue weighted by atomic mass is 10.0. The SMILES string of the molecule is COc1ccc(CC(=O)Nc2ccc(C(O)N(CC(=O)O)Cc3ccc(OC(=O)c4ccc(Cc5ccccc5)cc4)cc3)cc2)cc1. The van der Waals surface area contributed by atoms with Gasteiger partial charge in [0.2, 0.25) is 5.91 Å². The molecule has 1 unspecified atom stereocenters. The van der Waals surface area contributed by atoms with Gasteiger partial charge in [0.15, 0.2) is 0 Å². The molecule has 1 amide bonds. The molecule has 0 saturated carbocycles. The Hall–Kier alpha value is -5.77. The van der Waals surface area contributed by atoms with Crippen molar-refractivity contribution in [1.29, 1.82) is 0 Å². The van der Waals surface area contributed by atoms with Gasteiger partial charge in [0, 0.05) is 12.2 Å². The van der Waals surface area contributed by atoms with Crippen molar-refractivity contribution >= 4 is 23.5 Å². The third-order valence-electron chi connectivity index (χ3n) is 7.66. The van der Waals surface area contributed by atoms with Crippen LogP contribution in [0.5, 0.6) is 11.5 Å². The molecule has 5 aromatic rings. The molecule has 5 rings (SSSR count). The number of nitrogens with zero attached hydrogens (tertiary/aromatic N) is 1. The van der Waals surface area contributed by atoms with Gasteiger partial charge in [-0.2, -0.15) is 0 Å². The topological polar surface area (TPSA) is 125 Å². The number of hydrogen-bond acceptors (Lipinski definition) is 7. The molecule has 0 saturated heterocycles. The van der Waals surface area contributed by atoms with Gasteiger partial charge in [-0.3, -0.25) is 14.5 Å². The summed E-state index contributed by atoms with van der Waals surface area (Å²) in [5.74, 6) is -0.742. The van der Waals surface area contributed by atoms with Crippen LogP contribution < -0.4 is 14.8 Å². The van der Waals surface area contributed by atoms with Crippen LogP contribution >= 0.6 is 0 Å². The van der Waals surface area contributed by atoms with Crippen molar-refractivity contribution in [2.75, 3.05) is 19.0 Å². The summed E-state index contributed by atoms with van der Waals surface area (Å²) in [5.41, 5.74) is 5.24. The molecule has 244 valence electrons. The molecule has 0 aromatic heterocycles. The fraction of sp³-hybridized carbons (Fsp3) is 0.154. The summed E-state index contributed by atoms with van der Waals surface area (Å²) in [6.45, 7) is -0.302. The van der Waals surface area contributed by atoms with Gasteiger partial charge in [-0.15, -0.1) is 0 Å². The van der Waals surface area contributed by atoms with E-state index in [2.05, 4.69) is 17.4 Å². The Kier molecular flexibility index (Phi) is 11.3. The number of esters is 1. The van der Waals surface area contributed by atoms with Crippen LogP contribution in [-0.2, 0) is 29.0 Å². The van der Waals surface area contributed by atoms with Crippen LogP contribution in [0.3, 0.4) is 0 Å². The fourth-order valence-corrected chi connectivity index (χ4v) is 5.14. The fourth-order valence-electron chi connectivity index (χ4n) is 5.14. The number of aliphatic carboxylic acids is 1. The van der Waals surface area contributed by atoms with Crippen LogP contribution in [0.4, 0.5) is 5.69 Å². The van der Waals surface area contributed by atoms with Crippen LogP contribution in [0.1, 0.15) is 44.4 Å². The third-order valence-corrected chi connectivity index (χ3v) is 7.66. The first-order valence-electron chi connectivity index (χ1n) is 15.4. The lowest BCUT2D eigenvalue weighted by Gasteiger charge is -2.27. The van der Waals surface area contributed by atoms with E-state index in [0.717, 1.165) is 17.5 Å². The van der Waals surface area contributed by atoms with E-state index < -0.39 is 24.7 Å². The molecule has 0 aliphatic carbocycles. The van der Waals surface area contributed by atoms with Crippen LogP contribution in [0.25, 0.3) is 0 Å². The first-order valence-corrected chi connectivity index (χ1v) is 15.4. The van der Waals surface area contributed by atoms with E-state index in [0.29, 0.717) is 33.9 Å². The zero-order valence-electron chi connectivity index (χ0n) is 26.4. The number of anilines is 1. The Labute approximate surface area is 279 Å². The van der Waals surface area contributed by atoms with E-state index in [1.807, 2.05) is 42.5 Å². The number of nitrogens with one attached hydrogen (secondary N) is 1. The third kappa shape index (κ3) is 9.62. The second-order valence-corrected chi connectivity index (χ2v) is 11.3. The Morgan fingerprint density at radius 2 is 1.29 bits per heavy atom. The Bertz CT molecular complexity index is 1810. The number of benzene rings is 5. The number of aliphatic hydroxyl groups excluding tert-OH is 1. The van der Waals surface area contributed by atoms with Gasteiger partial charge < -0.3 is 25.0 Å². The van der Waals surface area contributed by atoms with E-state index in [1.165, 1.54) is 10.5 Å².